The number of halogens is 1. The molecule has 33 heavy (non-hydrogen) atoms. The van der Waals surface area contributed by atoms with E-state index in [-0.39, 0.29) is 29.8 Å². The van der Waals surface area contributed by atoms with Crippen LogP contribution in [0.25, 0.3) is 0 Å². The minimum absolute atomic E-state index is 0.0280. The van der Waals surface area contributed by atoms with E-state index in [4.69, 9.17) is 4.74 Å². The number of aryl methyl sites for hydroxylation is 2. The number of nitrogens with one attached hydrogen (secondary N) is 2. The van der Waals surface area contributed by atoms with Gasteiger partial charge in [-0.25, -0.2) is 9.87 Å². The molecular weight excluding hydrogens is 421 g/mol. The van der Waals surface area contributed by atoms with Gasteiger partial charge in [0.05, 0.1) is 23.5 Å². The van der Waals surface area contributed by atoms with E-state index in [1.807, 2.05) is 36.7 Å². The lowest BCUT2D eigenvalue weighted by molar-refractivity contribution is -0.135. The van der Waals surface area contributed by atoms with Crippen molar-refractivity contribution in [2.75, 3.05) is 13.7 Å². The Labute approximate surface area is 196 Å². The second-order valence-corrected chi connectivity index (χ2v) is 9.02. The third-order valence-electron chi connectivity index (χ3n) is 6.09. The second kappa shape index (κ2) is 13.4. The Hall–Kier alpha value is -2.35. The van der Waals surface area contributed by atoms with Crippen molar-refractivity contribution in [3.63, 3.8) is 0 Å². The van der Waals surface area contributed by atoms with Gasteiger partial charge in [0.1, 0.15) is 5.82 Å². The molecule has 0 aliphatic carbocycles. The molecule has 0 saturated carbocycles. The van der Waals surface area contributed by atoms with Gasteiger partial charge in [0.15, 0.2) is 0 Å². The SMILES string of the molecule is CO[C@H](C[C@H](CCCCN[C@@H](c1ccc(F)c(C)n1)C(C)C)C(=O)NO)c1ccc(C)cc1. The van der Waals surface area contributed by atoms with Crippen LogP contribution in [0.3, 0.4) is 0 Å². The van der Waals surface area contributed by atoms with Gasteiger partial charge in [-0.3, -0.25) is 15.0 Å². The van der Waals surface area contributed by atoms with E-state index in [0.717, 1.165) is 36.2 Å². The number of hydrogen-bond acceptors (Lipinski definition) is 5. The standard InChI is InChI=1S/C26H38FN3O3/c1-17(2)25(23-14-13-22(27)19(4)29-23)28-15-7-6-8-21(26(31)30-32)16-24(33-5)20-11-9-18(3)10-12-20/h9-14,17,21,24-25,28,32H,6-8,15-16H2,1-5H3,(H,30,31)/t21-,24+,25+/m0/s1. The number of rotatable bonds is 13. The average Bonchev–Trinajstić information content (AvgIpc) is 2.80. The van der Waals surface area contributed by atoms with Gasteiger partial charge in [-0.2, -0.15) is 0 Å². The van der Waals surface area contributed by atoms with Crippen molar-refractivity contribution in [2.24, 2.45) is 11.8 Å². The van der Waals surface area contributed by atoms with E-state index in [1.165, 1.54) is 6.07 Å². The molecule has 3 atom stereocenters. The highest BCUT2D eigenvalue weighted by atomic mass is 19.1. The fraction of sp³-hybridized carbons (Fsp3) is 0.538. The van der Waals surface area contributed by atoms with Gasteiger partial charge >= 0.3 is 0 Å². The molecule has 0 unspecified atom stereocenters. The largest absolute Gasteiger partial charge is 0.377 e. The van der Waals surface area contributed by atoms with Gasteiger partial charge in [-0.05, 0) is 63.3 Å². The minimum Gasteiger partial charge on any atom is -0.377 e. The summed E-state index contributed by atoms with van der Waals surface area (Å²) < 4.78 is 19.2. The van der Waals surface area contributed by atoms with E-state index in [9.17, 15) is 14.4 Å². The first kappa shape index (κ1) is 26.9. The Balaban J connectivity index is 1.90. The summed E-state index contributed by atoms with van der Waals surface area (Å²) in [6, 6.07) is 11.3. The van der Waals surface area contributed by atoms with Crippen LogP contribution in [0.5, 0.6) is 0 Å². The predicted molar refractivity (Wildman–Crippen MR) is 127 cm³/mol. The Morgan fingerprint density at radius 3 is 2.39 bits per heavy atom. The number of hydrogen-bond donors (Lipinski definition) is 3. The number of carbonyl (C=O) groups is 1. The van der Waals surface area contributed by atoms with E-state index >= 15 is 0 Å². The lowest BCUT2D eigenvalue weighted by atomic mass is 9.91. The molecule has 2 rings (SSSR count). The Morgan fingerprint density at radius 1 is 1.12 bits per heavy atom. The van der Waals surface area contributed by atoms with Crippen LogP contribution < -0.4 is 10.8 Å². The summed E-state index contributed by atoms with van der Waals surface area (Å²) in [5.74, 6) is -0.742. The number of methoxy groups -OCH3 is 1. The lowest BCUT2D eigenvalue weighted by Gasteiger charge is -2.23. The van der Waals surface area contributed by atoms with Crippen LogP contribution in [0.4, 0.5) is 4.39 Å². The predicted octanol–water partition coefficient (Wildman–Crippen LogP) is 5.19. The van der Waals surface area contributed by atoms with Gasteiger partial charge in [0.2, 0.25) is 5.91 Å². The molecule has 1 amide bonds. The molecule has 2 aromatic rings. The zero-order valence-electron chi connectivity index (χ0n) is 20.4. The fourth-order valence-electron chi connectivity index (χ4n) is 4.05. The average molecular weight is 460 g/mol. The zero-order chi connectivity index (χ0) is 24.4. The minimum atomic E-state index is -0.386. The van der Waals surface area contributed by atoms with E-state index in [2.05, 4.69) is 24.1 Å². The van der Waals surface area contributed by atoms with E-state index < -0.39 is 0 Å². The summed E-state index contributed by atoms with van der Waals surface area (Å²) in [6.45, 7) is 8.66. The Bertz CT molecular complexity index is 874. The number of hydroxylamine groups is 1. The van der Waals surface area contributed by atoms with Crippen LogP contribution in [0, 0.1) is 31.5 Å². The molecule has 0 spiro atoms. The van der Waals surface area contributed by atoms with Gasteiger partial charge < -0.3 is 10.1 Å². The van der Waals surface area contributed by atoms with Gasteiger partial charge in [-0.15, -0.1) is 0 Å². The molecule has 0 saturated heterocycles. The number of nitrogens with zero attached hydrogens (tertiary/aromatic N) is 1. The smallest absolute Gasteiger partial charge is 0.246 e. The molecule has 0 fully saturated rings. The number of ether oxygens (including phenoxy) is 1. The summed E-state index contributed by atoms with van der Waals surface area (Å²) in [6.07, 6.45) is 2.59. The first-order valence-corrected chi connectivity index (χ1v) is 11.7. The van der Waals surface area contributed by atoms with E-state index in [0.29, 0.717) is 24.5 Å². The number of unbranched alkanes of at least 4 members (excludes halogenated alkanes) is 1. The normalized spacial score (nSPS) is 14.2. The molecule has 0 bridgehead atoms. The van der Waals surface area contributed by atoms with Crippen LogP contribution in [0.1, 0.15) is 74.2 Å². The van der Waals surface area contributed by atoms with Crippen molar-refractivity contribution in [1.82, 2.24) is 15.8 Å². The topological polar surface area (TPSA) is 83.5 Å². The highest BCUT2D eigenvalue weighted by Gasteiger charge is 2.24. The molecule has 1 aromatic carbocycles. The summed E-state index contributed by atoms with van der Waals surface area (Å²) in [4.78, 5) is 16.7. The van der Waals surface area contributed by atoms with Crippen molar-refractivity contribution >= 4 is 5.91 Å². The summed E-state index contributed by atoms with van der Waals surface area (Å²) >= 11 is 0. The van der Waals surface area contributed by atoms with Gasteiger partial charge in [0, 0.05) is 13.0 Å². The lowest BCUT2D eigenvalue weighted by Crippen LogP contribution is -2.30. The summed E-state index contributed by atoms with van der Waals surface area (Å²) in [7, 11) is 1.64. The van der Waals surface area contributed by atoms with Gasteiger partial charge in [0.25, 0.3) is 0 Å². The molecule has 0 radical (unpaired) electrons. The first-order chi connectivity index (χ1) is 15.8. The Kier molecular flexibility index (Phi) is 10.9. The Morgan fingerprint density at radius 2 is 1.82 bits per heavy atom. The summed E-state index contributed by atoms with van der Waals surface area (Å²) in [5.41, 5.74) is 5.23. The molecule has 1 aromatic heterocycles. The highest BCUT2D eigenvalue weighted by Crippen LogP contribution is 2.28. The molecule has 0 aliphatic heterocycles. The maximum Gasteiger partial charge on any atom is 0.246 e. The zero-order valence-corrected chi connectivity index (χ0v) is 20.4. The van der Waals surface area contributed by atoms with Crippen molar-refractivity contribution in [3.8, 4) is 0 Å². The van der Waals surface area contributed by atoms with Crippen LogP contribution in [0.2, 0.25) is 0 Å². The molecule has 182 valence electrons. The maximum atomic E-state index is 13.6. The van der Waals surface area contributed by atoms with Crippen molar-refractivity contribution in [2.45, 2.75) is 65.5 Å². The molecular formula is C26H38FN3O3. The van der Waals surface area contributed by atoms with Crippen LogP contribution in [0.15, 0.2) is 36.4 Å². The van der Waals surface area contributed by atoms with Crippen LogP contribution in [-0.2, 0) is 9.53 Å². The van der Waals surface area contributed by atoms with Crippen LogP contribution >= 0.6 is 0 Å². The number of pyridine rings is 1. The van der Waals surface area contributed by atoms with Crippen molar-refractivity contribution in [1.29, 1.82) is 0 Å². The third-order valence-corrected chi connectivity index (χ3v) is 6.09. The van der Waals surface area contributed by atoms with Gasteiger partial charge in [-0.1, -0.05) is 50.1 Å². The number of aromatic nitrogens is 1. The van der Waals surface area contributed by atoms with Crippen molar-refractivity contribution < 1.29 is 19.1 Å². The van der Waals surface area contributed by atoms with E-state index in [1.54, 1.807) is 20.1 Å². The number of benzene rings is 1. The number of carbonyl (C=O) groups excluding carboxylic acids is 1. The molecule has 1 heterocycles. The quantitative estimate of drug-likeness (QED) is 0.218. The monoisotopic (exact) mass is 459 g/mol. The molecule has 3 N–H and O–H groups in total. The fourth-order valence-corrected chi connectivity index (χ4v) is 4.05. The molecule has 7 heteroatoms. The second-order valence-electron chi connectivity index (χ2n) is 9.02. The van der Waals surface area contributed by atoms with Crippen LogP contribution in [-0.4, -0.2) is 29.8 Å². The third kappa shape index (κ3) is 8.18. The first-order valence-electron chi connectivity index (χ1n) is 11.7. The molecule has 0 aliphatic rings. The maximum absolute atomic E-state index is 13.6. The van der Waals surface area contributed by atoms with Crippen molar-refractivity contribution in [3.05, 3.63) is 64.7 Å². The molecule has 6 nitrogen and oxygen atoms in total. The highest BCUT2D eigenvalue weighted by molar-refractivity contribution is 5.77. The number of amides is 1. The summed E-state index contributed by atoms with van der Waals surface area (Å²) in [5, 5.41) is 12.7.